The third kappa shape index (κ3) is 3.99. The Hall–Kier alpha value is -0.480. The summed E-state index contributed by atoms with van der Waals surface area (Å²) >= 11 is 11.8. The molecule has 1 fully saturated rings. The van der Waals surface area contributed by atoms with Crippen LogP contribution in [0.3, 0.4) is 0 Å². The molecule has 1 aromatic rings. The van der Waals surface area contributed by atoms with Crippen molar-refractivity contribution >= 4 is 41.5 Å². The topological polar surface area (TPSA) is 32.3 Å². The molecule has 0 aromatic heterocycles. The molecular weight excluding hydrogens is 307 g/mol. The van der Waals surface area contributed by atoms with Gasteiger partial charge in [-0.2, -0.15) is 0 Å². The van der Waals surface area contributed by atoms with Crippen LogP contribution in [0.15, 0.2) is 18.2 Å². The van der Waals surface area contributed by atoms with Crippen molar-refractivity contribution in [3.63, 3.8) is 0 Å². The van der Waals surface area contributed by atoms with Gasteiger partial charge in [0.2, 0.25) is 0 Å². The van der Waals surface area contributed by atoms with E-state index in [2.05, 4.69) is 5.32 Å². The van der Waals surface area contributed by atoms with Crippen molar-refractivity contribution in [2.45, 2.75) is 18.9 Å². The number of carbonyl (C=O) groups is 1. The molecule has 0 radical (unpaired) electrons. The molecule has 1 amide bonds. The molecule has 0 saturated carbocycles. The maximum absolute atomic E-state index is 12.3. The van der Waals surface area contributed by atoms with Gasteiger partial charge in [-0.25, -0.2) is 0 Å². The molecule has 1 N–H and O–H groups in total. The van der Waals surface area contributed by atoms with E-state index in [1.54, 1.807) is 23.1 Å². The summed E-state index contributed by atoms with van der Waals surface area (Å²) in [5.41, 5.74) is 0.581. The summed E-state index contributed by atoms with van der Waals surface area (Å²) in [6, 6.07) is 5.24. The lowest BCUT2D eigenvalue weighted by molar-refractivity contribution is 0.0708. The van der Waals surface area contributed by atoms with Crippen LogP contribution in [0.1, 0.15) is 23.2 Å². The number of rotatable bonds is 2. The molecule has 6 heteroatoms. The predicted molar refractivity (Wildman–Crippen MR) is 81.7 cm³/mol. The number of hydrogen-bond donors (Lipinski definition) is 1. The Bertz CT molecular complexity index is 448. The Morgan fingerprint density at radius 3 is 2.68 bits per heavy atom. The fraction of sp³-hybridized carbons (Fsp3) is 0.462. The van der Waals surface area contributed by atoms with Gasteiger partial charge in [-0.05, 0) is 37.6 Å². The van der Waals surface area contributed by atoms with Gasteiger partial charge in [0.1, 0.15) is 0 Å². The summed E-state index contributed by atoms with van der Waals surface area (Å²) in [6.07, 6.45) is 2.14. The average Bonchev–Trinajstić information content (AvgIpc) is 2.41. The lowest BCUT2D eigenvalue weighted by atomic mass is 10.1. The van der Waals surface area contributed by atoms with E-state index in [9.17, 15) is 4.79 Å². The van der Waals surface area contributed by atoms with Crippen molar-refractivity contribution in [2.75, 3.05) is 20.1 Å². The fourth-order valence-corrected chi connectivity index (χ4v) is 2.46. The van der Waals surface area contributed by atoms with Gasteiger partial charge in [-0.1, -0.05) is 23.2 Å². The second-order valence-electron chi connectivity index (χ2n) is 4.55. The number of nitrogens with zero attached hydrogens (tertiary/aromatic N) is 1. The first kappa shape index (κ1) is 16.6. The van der Waals surface area contributed by atoms with E-state index in [1.165, 1.54) is 0 Å². The van der Waals surface area contributed by atoms with Crippen molar-refractivity contribution in [1.82, 2.24) is 10.2 Å². The molecule has 1 aliphatic rings. The minimum absolute atomic E-state index is 0. The Balaban J connectivity index is 0.00000180. The van der Waals surface area contributed by atoms with Gasteiger partial charge in [-0.15, -0.1) is 12.4 Å². The van der Waals surface area contributed by atoms with E-state index in [4.69, 9.17) is 23.2 Å². The molecule has 1 aliphatic heterocycles. The van der Waals surface area contributed by atoms with E-state index in [0.717, 1.165) is 25.9 Å². The highest BCUT2D eigenvalue weighted by Crippen LogP contribution is 2.23. The van der Waals surface area contributed by atoms with Crippen molar-refractivity contribution in [2.24, 2.45) is 0 Å². The van der Waals surface area contributed by atoms with Crippen molar-refractivity contribution in [3.8, 4) is 0 Å². The van der Waals surface area contributed by atoms with Gasteiger partial charge in [0.15, 0.2) is 0 Å². The molecule has 3 nitrogen and oxygen atoms in total. The lowest BCUT2D eigenvalue weighted by Crippen LogP contribution is -2.46. The van der Waals surface area contributed by atoms with E-state index in [-0.39, 0.29) is 24.4 Å². The number of amides is 1. The molecule has 0 spiro atoms. The largest absolute Gasteiger partial charge is 0.337 e. The van der Waals surface area contributed by atoms with Crippen molar-refractivity contribution < 1.29 is 4.79 Å². The van der Waals surface area contributed by atoms with Crippen LogP contribution in [-0.4, -0.2) is 37.0 Å². The van der Waals surface area contributed by atoms with Gasteiger partial charge >= 0.3 is 0 Å². The van der Waals surface area contributed by atoms with Gasteiger partial charge in [-0.3, -0.25) is 4.79 Å². The van der Waals surface area contributed by atoms with Gasteiger partial charge < -0.3 is 10.2 Å². The fourth-order valence-electron chi connectivity index (χ4n) is 2.16. The number of piperidine rings is 1. The Morgan fingerprint density at radius 1 is 1.37 bits per heavy atom. The summed E-state index contributed by atoms with van der Waals surface area (Å²) in [6.45, 7) is 1.88. The minimum atomic E-state index is -0.0118. The highest BCUT2D eigenvalue weighted by molar-refractivity contribution is 6.42. The zero-order valence-electron chi connectivity index (χ0n) is 10.7. The zero-order chi connectivity index (χ0) is 13.1. The number of hydrogen-bond acceptors (Lipinski definition) is 2. The number of benzene rings is 1. The monoisotopic (exact) mass is 322 g/mol. The zero-order valence-corrected chi connectivity index (χ0v) is 13.0. The number of carbonyl (C=O) groups excluding carboxylic acids is 1. The van der Waals surface area contributed by atoms with Crippen LogP contribution in [0, 0.1) is 0 Å². The van der Waals surface area contributed by atoms with Crippen LogP contribution < -0.4 is 5.32 Å². The van der Waals surface area contributed by atoms with Crippen LogP contribution in [0.25, 0.3) is 0 Å². The summed E-state index contributed by atoms with van der Waals surface area (Å²) in [4.78, 5) is 14.1. The summed E-state index contributed by atoms with van der Waals surface area (Å²) in [5, 5.41) is 4.18. The van der Waals surface area contributed by atoms with Gasteiger partial charge in [0.25, 0.3) is 5.91 Å². The van der Waals surface area contributed by atoms with E-state index in [1.807, 2.05) is 7.05 Å². The molecule has 106 valence electrons. The summed E-state index contributed by atoms with van der Waals surface area (Å²) < 4.78 is 0. The number of nitrogens with one attached hydrogen (secondary N) is 1. The first-order valence-corrected chi connectivity index (χ1v) is 6.78. The molecule has 0 aliphatic carbocycles. The van der Waals surface area contributed by atoms with Crippen LogP contribution in [0.4, 0.5) is 0 Å². The first-order valence-electron chi connectivity index (χ1n) is 6.02. The molecule has 1 saturated heterocycles. The molecule has 0 bridgehead atoms. The molecule has 19 heavy (non-hydrogen) atoms. The SMILES string of the molecule is CN(C(=O)c1ccc(Cl)c(Cl)c1)C1CCCNC1.Cl. The first-order chi connectivity index (χ1) is 8.59. The number of likely N-dealkylation sites (N-methyl/N-ethyl adjacent to an activating group) is 1. The van der Waals surface area contributed by atoms with Crippen LogP contribution in [-0.2, 0) is 0 Å². The molecule has 2 rings (SSSR count). The van der Waals surface area contributed by atoms with Gasteiger partial charge in [0, 0.05) is 25.2 Å². The van der Waals surface area contributed by atoms with Crippen LogP contribution in [0.2, 0.25) is 10.0 Å². The van der Waals surface area contributed by atoms with E-state index < -0.39 is 0 Å². The quantitative estimate of drug-likeness (QED) is 0.906. The molecular formula is C13H17Cl3N2O. The molecule has 1 unspecified atom stereocenters. The maximum atomic E-state index is 12.3. The predicted octanol–water partition coefficient (Wildman–Crippen LogP) is 3.24. The minimum Gasteiger partial charge on any atom is -0.337 e. The molecule has 1 atom stereocenters. The Morgan fingerprint density at radius 2 is 2.11 bits per heavy atom. The third-order valence-electron chi connectivity index (χ3n) is 3.31. The van der Waals surface area contributed by atoms with Gasteiger partial charge in [0.05, 0.1) is 10.0 Å². The van der Waals surface area contributed by atoms with E-state index >= 15 is 0 Å². The lowest BCUT2D eigenvalue weighted by Gasteiger charge is -2.31. The maximum Gasteiger partial charge on any atom is 0.253 e. The average molecular weight is 324 g/mol. The third-order valence-corrected chi connectivity index (χ3v) is 4.04. The summed E-state index contributed by atoms with van der Waals surface area (Å²) in [7, 11) is 1.84. The van der Waals surface area contributed by atoms with Crippen LogP contribution >= 0.6 is 35.6 Å². The second-order valence-corrected chi connectivity index (χ2v) is 5.36. The normalized spacial score (nSPS) is 18.6. The van der Waals surface area contributed by atoms with E-state index in [0.29, 0.717) is 15.6 Å². The van der Waals surface area contributed by atoms with Crippen molar-refractivity contribution in [3.05, 3.63) is 33.8 Å². The van der Waals surface area contributed by atoms with Crippen LogP contribution in [0.5, 0.6) is 0 Å². The number of halogens is 3. The molecule has 1 aromatic carbocycles. The van der Waals surface area contributed by atoms with Crippen molar-refractivity contribution in [1.29, 1.82) is 0 Å². The highest BCUT2D eigenvalue weighted by Gasteiger charge is 2.23. The highest BCUT2D eigenvalue weighted by atomic mass is 35.5. The summed E-state index contributed by atoms with van der Waals surface area (Å²) in [5.74, 6) is -0.0118. The molecule has 1 heterocycles. The standard InChI is InChI=1S/C13H16Cl2N2O.ClH/c1-17(10-3-2-6-16-8-10)13(18)9-4-5-11(14)12(15)7-9;/h4-5,7,10,16H,2-3,6,8H2,1H3;1H. The Labute approximate surface area is 129 Å². The second kappa shape index (κ2) is 7.34. The smallest absolute Gasteiger partial charge is 0.253 e. The Kier molecular flexibility index (Phi) is 6.40.